The largest absolute Gasteiger partial charge is 0.489 e. The normalized spacial score (nSPS) is 19.1. The van der Waals surface area contributed by atoms with Crippen LogP contribution in [0.3, 0.4) is 0 Å². The van der Waals surface area contributed by atoms with E-state index in [-0.39, 0.29) is 11.3 Å². The van der Waals surface area contributed by atoms with Gasteiger partial charge in [-0.2, -0.15) is 0 Å². The number of carbonyl (C=O) groups is 1. The quantitative estimate of drug-likeness (QED) is 0.615. The first kappa shape index (κ1) is 25.5. The van der Waals surface area contributed by atoms with Crippen molar-refractivity contribution < 1.29 is 14.3 Å². The van der Waals surface area contributed by atoms with E-state index in [4.69, 9.17) is 9.47 Å². The average Bonchev–Trinajstić information content (AvgIpc) is 3.36. The number of nitrogens with zero attached hydrogens (tertiary/aromatic N) is 3. The third-order valence-electron chi connectivity index (χ3n) is 6.79. The molecular weight excluding hydrogens is 440 g/mol. The topological polar surface area (TPSA) is 66.9 Å². The lowest BCUT2D eigenvalue weighted by Crippen LogP contribution is -2.38. The highest BCUT2D eigenvalue weighted by Crippen LogP contribution is 2.34. The van der Waals surface area contributed by atoms with E-state index in [2.05, 4.69) is 33.9 Å². The molecular formula is C28H40N4O3. The fraction of sp³-hybridized carbons (Fsp3) is 0.571. The Balaban J connectivity index is 1.43. The number of fused-ring (bicyclic) bond motifs is 2. The van der Waals surface area contributed by atoms with Gasteiger partial charge in [0.15, 0.2) is 11.5 Å². The van der Waals surface area contributed by atoms with E-state index in [1.807, 2.05) is 36.4 Å². The maximum Gasteiger partial charge on any atom is 0.234 e. The molecule has 0 atom stereocenters. The van der Waals surface area contributed by atoms with Gasteiger partial charge in [-0.25, -0.2) is 4.98 Å². The van der Waals surface area contributed by atoms with Gasteiger partial charge in [0.2, 0.25) is 11.8 Å². The van der Waals surface area contributed by atoms with Crippen molar-refractivity contribution in [3.05, 3.63) is 48.2 Å². The van der Waals surface area contributed by atoms with Crippen molar-refractivity contribution in [1.29, 1.82) is 0 Å². The number of pyridine rings is 1. The Hall–Kier alpha value is -2.64. The van der Waals surface area contributed by atoms with Crippen LogP contribution in [0.5, 0.6) is 17.4 Å². The molecule has 0 unspecified atom stereocenters. The fourth-order valence-corrected chi connectivity index (χ4v) is 4.77. The molecule has 1 aromatic heterocycles. The molecule has 1 saturated heterocycles. The summed E-state index contributed by atoms with van der Waals surface area (Å²) in [6.45, 7) is 11.0. The zero-order chi connectivity index (χ0) is 24.5. The molecule has 2 aliphatic heterocycles. The van der Waals surface area contributed by atoms with Gasteiger partial charge in [-0.05, 0) is 81.9 Å². The van der Waals surface area contributed by atoms with Gasteiger partial charge < -0.3 is 19.7 Å². The molecule has 0 radical (unpaired) electrons. The maximum absolute atomic E-state index is 12.8. The highest BCUT2D eigenvalue weighted by molar-refractivity contribution is 5.78. The van der Waals surface area contributed by atoms with Gasteiger partial charge in [-0.3, -0.25) is 9.69 Å². The summed E-state index contributed by atoms with van der Waals surface area (Å²) in [4.78, 5) is 22.0. The molecule has 190 valence electrons. The lowest BCUT2D eigenvalue weighted by molar-refractivity contribution is -0.122. The minimum atomic E-state index is 0.00969. The molecule has 4 rings (SSSR count). The molecule has 35 heavy (non-hydrogen) atoms. The summed E-state index contributed by atoms with van der Waals surface area (Å²) >= 11 is 0. The molecule has 2 aromatic rings. The van der Waals surface area contributed by atoms with Crippen LogP contribution in [0.1, 0.15) is 51.5 Å². The van der Waals surface area contributed by atoms with Crippen LogP contribution in [-0.4, -0.2) is 66.6 Å². The van der Waals surface area contributed by atoms with E-state index in [9.17, 15) is 4.79 Å². The monoisotopic (exact) mass is 480 g/mol. The van der Waals surface area contributed by atoms with Crippen molar-refractivity contribution in [3.63, 3.8) is 0 Å². The van der Waals surface area contributed by atoms with E-state index in [0.717, 1.165) is 50.2 Å². The molecule has 0 spiro atoms. The first-order valence-corrected chi connectivity index (χ1v) is 13.0. The third-order valence-corrected chi connectivity index (χ3v) is 6.79. The van der Waals surface area contributed by atoms with E-state index < -0.39 is 0 Å². The molecule has 1 fully saturated rings. The van der Waals surface area contributed by atoms with Crippen molar-refractivity contribution in [1.82, 2.24) is 20.1 Å². The van der Waals surface area contributed by atoms with Gasteiger partial charge >= 0.3 is 0 Å². The van der Waals surface area contributed by atoms with Crippen molar-refractivity contribution in [2.24, 2.45) is 5.41 Å². The van der Waals surface area contributed by atoms with Crippen LogP contribution in [0.2, 0.25) is 0 Å². The van der Waals surface area contributed by atoms with Gasteiger partial charge in [-0.1, -0.05) is 32.0 Å². The van der Waals surface area contributed by atoms with Crippen LogP contribution in [0.25, 0.3) is 0 Å². The molecule has 1 N–H and O–H groups in total. The van der Waals surface area contributed by atoms with Gasteiger partial charge in [0.25, 0.3) is 0 Å². The van der Waals surface area contributed by atoms with Crippen molar-refractivity contribution in [2.75, 3.05) is 45.9 Å². The van der Waals surface area contributed by atoms with Crippen LogP contribution in [-0.2, 0) is 11.3 Å². The smallest absolute Gasteiger partial charge is 0.234 e. The predicted octanol–water partition coefficient (Wildman–Crippen LogP) is 4.48. The second-order valence-corrected chi connectivity index (χ2v) is 10.5. The van der Waals surface area contributed by atoms with E-state index in [1.165, 1.54) is 25.9 Å². The minimum Gasteiger partial charge on any atom is -0.489 e. The number of nitrogens with one attached hydrogen (secondary N) is 1. The number of hydrogen-bond donors (Lipinski definition) is 1. The molecule has 7 nitrogen and oxygen atoms in total. The second kappa shape index (κ2) is 12.4. The maximum atomic E-state index is 12.8. The molecule has 1 aromatic carbocycles. The Labute approximate surface area is 209 Å². The number of ether oxygens (including phenoxy) is 2. The Morgan fingerprint density at radius 2 is 1.80 bits per heavy atom. The van der Waals surface area contributed by atoms with Gasteiger partial charge in [0.05, 0.1) is 13.2 Å². The summed E-state index contributed by atoms with van der Waals surface area (Å²) in [5, 5.41) is 3.13. The highest BCUT2D eigenvalue weighted by Gasteiger charge is 2.23. The Bertz CT molecular complexity index is 959. The number of likely N-dealkylation sites (tertiary alicyclic amines) is 1. The van der Waals surface area contributed by atoms with Crippen molar-refractivity contribution >= 4 is 5.91 Å². The number of para-hydroxylation sites is 2. The SMILES string of the molecule is CC1(C)CCCN(CC(=O)NCCCN2CCCC2)Cc2cccnc2Oc2ccccc2OC1. The average molecular weight is 481 g/mol. The zero-order valence-electron chi connectivity index (χ0n) is 21.3. The number of amides is 1. The standard InChI is InChI=1S/C28H40N4O3/c1-28(2)13-8-18-32(21-26(33)29-15-9-19-31-16-5-6-17-31)20-23-10-7-14-30-27(23)35-25-12-4-3-11-24(25)34-22-28/h3-4,7,10-12,14H,5-6,8-9,13,15-22H2,1-2H3,(H,29,33). The van der Waals surface area contributed by atoms with Crippen LogP contribution < -0.4 is 14.8 Å². The van der Waals surface area contributed by atoms with Gasteiger partial charge in [-0.15, -0.1) is 0 Å². The van der Waals surface area contributed by atoms with Crippen LogP contribution in [0.15, 0.2) is 42.6 Å². The van der Waals surface area contributed by atoms with Gasteiger partial charge in [0, 0.05) is 24.8 Å². The van der Waals surface area contributed by atoms with Crippen molar-refractivity contribution in [2.45, 2.75) is 52.5 Å². The van der Waals surface area contributed by atoms with E-state index in [1.54, 1.807) is 6.20 Å². The van der Waals surface area contributed by atoms with E-state index >= 15 is 0 Å². The Kier molecular flexibility index (Phi) is 8.99. The summed E-state index contributed by atoms with van der Waals surface area (Å²) in [6, 6.07) is 11.7. The molecule has 3 heterocycles. The van der Waals surface area contributed by atoms with Crippen LogP contribution in [0, 0.1) is 5.41 Å². The van der Waals surface area contributed by atoms with Gasteiger partial charge in [0.1, 0.15) is 0 Å². The summed E-state index contributed by atoms with van der Waals surface area (Å²) in [7, 11) is 0. The summed E-state index contributed by atoms with van der Waals surface area (Å²) in [5.41, 5.74) is 0.970. The summed E-state index contributed by atoms with van der Waals surface area (Å²) < 4.78 is 12.4. The number of aromatic nitrogens is 1. The molecule has 7 heteroatoms. The molecule has 1 amide bonds. The summed E-state index contributed by atoms with van der Waals surface area (Å²) in [5.74, 6) is 2.01. The lowest BCUT2D eigenvalue weighted by atomic mass is 9.88. The number of rotatable bonds is 6. The van der Waals surface area contributed by atoms with Crippen LogP contribution >= 0.6 is 0 Å². The molecule has 0 bridgehead atoms. The number of carbonyl (C=O) groups excluding carboxylic acids is 1. The van der Waals surface area contributed by atoms with Crippen molar-refractivity contribution in [3.8, 4) is 17.4 Å². The first-order valence-electron chi connectivity index (χ1n) is 13.0. The number of benzene rings is 1. The molecule has 0 saturated carbocycles. The predicted molar refractivity (Wildman–Crippen MR) is 138 cm³/mol. The Morgan fingerprint density at radius 3 is 2.63 bits per heavy atom. The fourth-order valence-electron chi connectivity index (χ4n) is 4.77. The highest BCUT2D eigenvalue weighted by atomic mass is 16.5. The molecule has 0 aliphatic carbocycles. The lowest BCUT2D eigenvalue weighted by Gasteiger charge is -2.27. The first-order chi connectivity index (χ1) is 17.0. The van der Waals surface area contributed by atoms with Crippen LogP contribution in [0.4, 0.5) is 0 Å². The third kappa shape index (κ3) is 7.94. The molecule has 2 aliphatic rings. The van der Waals surface area contributed by atoms with E-state index in [0.29, 0.717) is 31.3 Å². The minimum absolute atomic E-state index is 0.00969. The zero-order valence-corrected chi connectivity index (χ0v) is 21.3. The second-order valence-electron chi connectivity index (χ2n) is 10.5. The Morgan fingerprint density at radius 1 is 1.03 bits per heavy atom. The number of hydrogen-bond acceptors (Lipinski definition) is 6. The summed E-state index contributed by atoms with van der Waals surface area (Å²) in [6.07, 6.45) is 7.33.